The maximum Gasteiger partial charge on any atom is 0.255 e. The molecule has 24 heavy (non-hydrogen) atoms. The number of aromatic amines is 1. The van der Waals surface area contributed by atoms with Gasteiger partial charge in [0.25, 0.3) is 5.91 Å². The van der Waals surface area contributed by atoms with Gasteiger partial charge in [-0.25, -0.2) is 4.98 Å². The number of benzene rings is 1. The predicted molar refractivity (Wildman–Crippen MR) is 90.5 cm³/mol. The summed E-state index contributed by atoms with van der Waals surface area (Å²) in [5, 5.41) is 5.51. The second-order valence-electron chi connectivity index (χ2n) is 5.45. The van der Waals surface area contributed by atoms with E-state index in [2.05, 4.69) is 25.6 Å². The Morgan fingerprint density at radius 1 is 1.21 bits per heavy atom. The minimum atomic E-state index is -0.239. The quantitative estimate of drug-likeness (QED) is 0.685. The lowest BCUT2D eigenvalue weighted by atomic mass is 10.2. The summed E-state index contributed by atoms with van der Waals surface area (Å²) < 4.78 is 0. The highest BCUT2D eigenvalue weighted by molar-refractivity contribution is 6.05. The van der Waals surface area contributed by atoms with Gasteiger partial charge in [-0.2, -0.15) is 0 Å². The summed E-state index contributed by atoms with van der Waals surface area (Å²) >= 11 is 0. The molecular weight excluding hydrogens is 306 g/mol. The van der Waals surface area contributed by atoms with Crippen molar-refractivity contribution in [3.05, 3.63) is 53.6 Å². The minimum Gasteiger partial charge on any atom is -0.351 e. The van der Waals surface area contributed by atoms with Crippen molar-refractivity contribution in [2.45, 2.75) is 20.4 Å². The fraction of sp³-hybridized carbons (Fsp3) is 0.176. The van der Waals surface area contributed by atoms with Gasteiger partial charge in [0.15, 0.2) is 0 Å². The molecular formula is C17H17N5O2. The van der Waals surface area contributed by atoms with E-state index in [0.29, 0.717) is 16.9 Å². The number of hydrogen-bond donors (Lipinski definition) is 3. The second-order valence-corrected chi connectivity index (χ2v) is 5.45. The summed E-state index contributed by atoms with van der Waals surface area (Å²) in [5.74, 6) is 0.442. The van der Waals surface area contributed by atoms with Crippen molar-refractivity contribution >= 4 is 28.5 Å². The molecule has 2 aromatic heterocycles. The van der Waals surface area contributed by atoms with E-state index < -0.39 is 0 Å². The second kappa shape index (κ2) is 6.49. The van der Waals surface area contributed by atoms with E-state index >= 15 is 0 Å². The van der Waals surface area contributed by atoms with Crippen LogP contribution in [0, 0.1) is 6.92 Å². The summed E-state index contributed by atoms with van der Waals surface area (Å²) in [7, 11) is 0. The number of anilines is 1. The fourth-order valence-corrected chi connectivity index (χ4v) is 2.35. The number of aromatic nitrogens is 3. The minimum absolute atomic E-state index is 0.144. The van der Waals surface area contributed by atoms with E-state index in [-0.39, 0.29) is 18.4 Å². The lowest BCUT2D eigenvalue weighted by Gasteiger charge is -2.07. The Morgan fingerprint density at radius 3 is 2.83 bits per heavy atom. The number of H-pyrrole nitrogens is 1. The summed E-state index contributed by atoms with van der Waals surface area (Å²) in [6.45, 7) is 3.60. The molecule has 7 heteroatoms. The van der Waals surface area contributed by atoms with Crippen LogP contribution in [0.3, 0.4) is 0 Å². The van der Waals surface area contributed by atoms with Gasteiger partial charge < -0.3 is 15.6 Å². The maximum atomic E-state index is 12.4. The third-order valence-electron chi connectivity index (χ3n) is 3.46. The first-order valence-corrected chi connectivity index (χ1v) is 7.48. The standard InChI is InChI=1S/C17H17N5O2/c1-10-20-15-4-3-13(8-16(15)21-10)22-17(24)12-5-6-18-14(7-12)9-19-11(2)23/h3-8H,9H2,1-2H3,(H,19,23)(H,20,21)(H,22,24). The fourth-order valence-electron chi connectivity index (χ4n) is 2.35. The third-order valence-corrected chi connectivity index (χ3v) is 3.46. The Bertz CT molecular complexity index is 916. The average molecular weight is 323 g/mol. The summed E-state index contributed by atoms with van der Waals surface area (Å²) in [5.41, 5.74) is 3.50. The first-order chi connectivity index (χ1) is 11.5. The van der Waals surface area contributed by atoms with Crippen LogP contribution in [0.1, 0.15) is 28.8 Å². The average Bonchev–Trinajstić information content (AvgIpc) is 2.92. The zero-order valence-corrected chi connectivity index (χ0v) is 13.4. The van der Waals surface area contributed by atoms with E-state index in [4.69, 9.17) is 0 Å². The molecule has 0 saturated heterocycles. The van der Waals surface area contributed by atoms with Crippen LogP contribution in [-0.2, 0) is 11.3 Å². The summed E-state index contributed by atoms with van der Waals surface area (Å²) in [4.78, 5) is 35.0. The SMILES string of the molecule is CC(=O)NCc1cc(C(=O)Nc2ccc3nc(C)[nH]c3c2)ccn1. The van der Waals surface area contributed by atoms with E-state index in [9.17, 15) is 9.59 Å². The van der Waals surface area contributed by atoms with Crippen molar-refractivity contribution < 1.29 is 9.59 Å². The Labute approximate surface area is 138 Å². The Hall–Kier alpha value is -3.22. The molecule has 0 radical (unpaired) electrons. The number of nitrogens with one attached hydrogen (secondary N) is 3. The number of rotatable bonds is 4. The molecule has 2 heterocycles. The van der Waals surface area contributed by atoms with Gasteiger partial charge in [0, 0.05) is 24.4 Å². The molecule has 0 bridgehead atoms. The van der Waals surface area contributed by atoms with Crippen molar-refractivity contribution in [3.63, 3.8) is 0 Å². The molecule has 7 nitrogen and oxygen atoms in total. The van der Waals surface area contributed by atoms with Crippen LogP contribution in [0.25, 0.3) is 11.0 Å². The zero-order valence-electron chi connectivity index (χ0n) is 13.4. The van der Waals surface area contributed by atoms with Gasteiger partial charge in [0.05, 0.1) is 23.3 Å². The molecule has 0 saturated carbocycles. The van der Waals surface area contributed by atoms with Crippen molar-refractivity contribution in [3.8, 4) is 0 Å². The van der Waals surface area contributed by atoms with Crippen LogP contribution in [0.4, 0.5) is 5.69 Å². The largest absolute Gasteiger partial charge is 0.351 e. The van der Waals surface area contributed by atoms with Crippen LogP contribution in [0.5, 0.6) is 0 Å². The van der Waals surface area contributed by atoms with Gasteiger partial charge in [-0.1, -0.05) is 0 Å². The topological polar surface area (TPSA) is 99.8 Å². The highest BCUT2D eigenvalue weighted by Gasteiger charge is 2.09. The monoisotopic (exact) mass is 323 g/mol. The molecule has 0 fully saturated rings. The normalized spacial score (nSPS) is 10.6. The molecule has 0 atom stereocenters. The molecule has 1 aromatic carbocycles. The molecule has 3 rings (SSSR count). The number of aryl methyl sites for hydroxylation is 1. The molecule has 0 unspecified atom stereocenters. The van der Waals surface area contributed by atoms with Crippen molar-refractivity contribution in [2.75, 3.05) is 5.32 Å². The van der Waals surface area contributed by atoms with Crippen LogP contribution in [0.15, 0.2) is 36.5 Å². The van der Waals surface area contributed by atoms with Crippen LogP contribution >= 0.6 is 0 Å². The molecule has 3 aromatic rings. The molecule has 0 aliphatic heterocycles. The first-order valence-electron chi connectivity index (χ1n) is 7.48. The first kappa shape index (κ1) is 15.7. The van der Waals surface area contributed by atoms with Crippen molar-refractivity contribution in [1.29, 1.82) is 0 Å². The lowest BCUT2D eigenvalue weighted by molar-refractivity contribution is -0.119. The smallest absolute Gasteiger partial charge is 0.255 e. The number of amides is 2. The molecule has 3 N–H and O–H groups in total. The van der Waals surface area contributed by atoms with Gasteiger partial charge in [0.1, 0.15) is 5.82 Å². The number of fused-ring (bicyclic) bond motifs is 1. The molecule has 0 spiro atoms. The maximum absolute atomic E-state index is 12.4. The summed E-state index contributed by atoms with van der Waals surface area (Å²) in [6.07, 6.45) is 1.55. The molecule has 122 valence electrons. The highest BCUT2D eigenvalue weighted by Crippen LogP contribution is 2.18. The number of pyridine rings is 1. The zero-order chi connectivity index (χ0) is 17.1. The lowest BCUT2D eigenvalue weighted by Crippen LogP contribution is -2.20. The Balaban J connectivity index is 1.75. The van der Waals surface area contributed by atoms with Gasteiger partial charge in [-0.15, -0.1) is 0 Å². The molecule has 0 aliphatic rings. The Morgan fingerprint density at radius 2 is 2.04 bits per heavy atom. The van der Waals surface area contributed by atoms with Crippen molar-refractivity contribution in [2.24, 2.45) is 0 Å². The van der Waals surface area contributed by atoms with Crippen LogP contribution in [0.2, 0.25) is 0 Å². The predicted octanol–water partition coefficient (Wildman–Crippen LogP) is 2.15. The van der Waals surface area contributed by atoms with Gasteiger partial charge in [0.2, 0.25) is 5.91 Å². The molecule has 0 aliphatic carbocycles. The van der Waals surface area contributed by atoms with E-state index in [1.807, 2.05) is 19.1 Å². The number of hydrogen-bond acceptors (Lipinski definition) is 4. The van der Waals surface area contributed by atoms with Crippen molar-refractivity contribution in [1.82, 2.24) is 20.3 Å². The van der Waals surface area contributed by atoms with Crippen LogP contribution in [-0.4, -0.2) is 26.8 Å². The number of imidazole rings is 1. The van der Waals surface area contributed by atoms with Gasteiger partial charge in [-0.05, 0) is 37.3 Å². The Kier molecular flexibility index (Phi) is 4.24. The number of carbonyl (C=O) groups is 2. The highest BCUT2D eigenvalue weighted by atomic mass is 16.2. The van der Waals surface area contributed by atoms with Crippen LogP contribution < -0.4 is 10.6 Å². The van der Waals surface area contributed by atoms with E-state index in [0.717, 1.165) is 16.9 Å². The van der Waals surface area contributed by atoms with E-state index in [1.54, 1.807) is 24.4 Å². The molecule has 2 amide bonds. The number of nitrogens with zero attached hydrogens (tertiary/aromatic N) is 2. The van der Waals surface area contributed by atoms with Gasteiger partial charge in [-0.3, -0.25) is 14.6 Å². The van der Waals surface area contributed by atoms with Gasteiger partial charge >= 0.3 is 0 Å². The van der Waals surface area contributed by atoms with E-state index in [1.165, 1.54) is 6.92 Å². The number of carbonyl (C=O) groups excluding carboxylic acids is 2. The summed E-state index contributed by atoms with van der Waals surface area (Å²) in [6, 6.07) is 8.78. The third kappa shape index (κ3) is 3.57.